The van der Waals surface area contributed by atoms with Crippen molar-refractivity contribution in [2.45, 2.75) is 19.3 Å². The van der Waals surface area contributed by atoms with Gasteiger partial charge in [0, 0.05) is 12.1 Å². The number of carboxylic acid groups (broad SMARTS) is 1. The van der Waals surface area contributed by atoms with E-state index in [4.69, 9.17) is 5.11 Å². The Kier molecular flexibility index (Phi) is 3.42. The molecule has 1 aromatic rings. The van der Waals surface area contributed by atoms with Crippen molar-refractivity contribution in [1.82, 2.24) is 5.32 Å². The fourth-order valence-electron chi connectivity index (χ4n) is 1.69. The van der Waals surface area contributed by atoms with Crippen LogP contribution in [0.2, 0.25) is 0 Å². The van der Waals surface area contributed by atoms with Gasteiger partial charge in [0.1, 0.15) is 0 Å². The Hall–Kier alpha value is -1.84. The smallest absolute Gasteiger partial charge is 0.335 e. The van der Waals surface area contributed by atoms with Crippen LogP contribution in [-0.2, 0) is 0 Å². The largest absolute Gasteiger partial charge is 0.478 e. The Bertz CT molecular complexity index is 438. The van der Waals surface area contributed by atoms with Crippen LogP contribution < -0.4 is 5.32 Å². The molecule has 17 heavy (non-hydrogen) atoms. The summed E-state index contributed by atoms with van der Waals surface area (Å²) in [5, 5.41) is 11.6. The minimum atomic E-state index is -1.02. The van der Waals surface area contributed by atoms with E-state index in [1.54, 1.807) is 12.1 Å². The number of nitrogens with one attached hydrogen (secondary N) is 1. The normalized spacial score (nSPS) is 14.4. The van der Waals surface area contributed by atoms with Crippen LogP contribution in [0.15, 0.2) is 24.3 Å². The summed E-state index contributed by atoms with van der Waals surface area (Å²) < 4.78 is 0. The van der Waals surface area contributed by atoms with Crippen molar-refractivity contribution in [2.24, 2.45) is 5.92 Å². The Morgan fingerprint density at radius 3 is 2.65 bits per heavy atom. The van der Waals surface area contributed by atoms with Crippen molar-refractivity contribution >= 4 is 11.9 Å². The van der Waals surface area contributed by atoms with Crippen molar-refractivity contribution in [1.29, 1.82) is 0 Å². The molecular formula is C13H15NO3. The zero-order chi connectivity index (χ0) is 12.3. The maximum atomic E-state index is 11.7. The molecule has 4 nitrogen and oxygen atoms in total. The number of hydrogen-bond donors (Lipinski definition) is 2. The zero-order valence-corrected chi connectivity index (χ0v) is 9.48. The van der Waals surface area contributed by atoms with Crippen molar-refractivity contribution in [3.8, 4) is 0 Å². The van der Waals surface area contributed by atoms with E-state index < -0.39 is 5.97 Å². The highest BCUT2D eigenvalue weighted by Gasteiger charge is 2.20. The summed E-state index contributed by atoms with van der Waals surface area (Å²) in [7, 11) is 0. The van der Waals surface area contributed by atoms with Crippen LogP contribution in [0.3, 0.4) is 0 Å². The van der Waals surface area contributed by atoms with Crippen LogP contribution in [0.4, 0.5) is 0 Å². The molecule has 4 heteroatoms. The predicted octanol–water partition coefficient (Wildman–Crippen LogP) is 1.91. The highest BCUT2D eigenvalue weighted by Crippen LogP contribution is 2.31. The lowest BCUT2D eigenvalue weighted by Gasteiger charge is -2.05. The van der Waals surface area contributed by atoms with E-state index in [0.717, 1.165) is 12.3 Å². The molecule has 0 spiro atoms. The van der Waals surface area contributed by atoms with E-state index in [2.05, 4.69) is 5.32 Å². The molecule has 0 aromatic heterocycles. The summed E-state index contributed by atoms with van der Waals surface area (Å²) in [6, 6.07) is 6.08. The fraction of sp³-hybridized carbons (Fsp3) is 0.385. The average Bonchev–Trinajstić information content (AvgIpc) is 3.13. The average molecular weight is 233 g/mol. The van der Waals surface area contributed by atoms with Crippen LogP contribution in [0, 0.1) is 5.92 Å². The number of amides is 1. The van der Waals surface area contributed by atoms with Crippen molar-refractivity contribution < 1.29 is 14.7 Å². The topological polar surface area (TPSA) is 66.4 Å². The van der Waals surface area contributed by atoms with Crippen molar-refractivity contribution in [3.63, 3.8) is 0 Å². The number of hydrogen-bond acceptors (Lipinski definition) is 2. The zero-order valence-electron chi connectivity index (χ0n) is 9.48. The first-order chi connectivity index (χ1) is 8.16. The fourth-order valence-corrected chi connectivity index (χ4v) is 1.69. The molecule has 0 unspecified atom stereocenters. The third-order valence-electron chi connectivity index (χ3n) is 2.91. The molecule has 90 valence electrons. The summed E-state index contributed by atoms with van der Waals surface area (Å²) in [5.41, 5.74) is 0.542. The standard InChI is InChI=1S/C13H15NO3/c15-12(14-7-6-9-4-5-9)10-2-1-3-11(8-10)13(16)17/h1-3,8-9H,4-7H2,(H,14,15)(H,16,17). The molecule has 1 aliphatic carbocycles. The molecule has 0 bridgehead atoms. The van der Waals surface area contributed by atoms with Gasteiger partial charge in [0.2, 0.25) is 0 Å². The molecule has 0 radical (unpaired) electrons. The molecule has 0 saturated heterocycles. The van der Waals surface area contributed by atoms with Crippen LogP contribution in [-0.4, -0.2) is 23.5 Å². The van der Waals surface area contributed by atoms with Gasteiger partial charge in [0.15, 0.2) is 0 Å². The lowest BCUT2D eigenvalue weighted by molar-refractivity contribution is 0.0697. The Labute approximate surface area is 99.6 Å². The quantitative estimate of drug-likeness (QED) is 0.816. The third-order valence-corrected chi connectivity index (χ3v) is 2.91. The number of rotatable bonds is 5. The van der Waals surface area contributed by atoms with E-state index in [1.807, 2.05) is 0 Å². The highest BCUT2D eigenvalue weighted by atomic mass is 16.4. The van der Waals surface area contributed by atoms with Crippen LogP contribution in [0.1, 0.15) is 40.0 Å². The lowest BCUT2D eigenvalue weighted by atomic mass is 10.1. The first kappa shape index (κ1) is 11.6. The number of carboxylic acids is 1. The Morgan fingerprint density at radius 2 is 2.00 bits per heavy atom. The molecule has 1 saturated carbocycles. The summed E-state index contributed by atoms with van der Waals surface area (Å²) in [5.74, 6) is -0.438. The van der Waals surface area contributed by atoms with Crippen molar-refractivity contribution in [2.75, 3.05) is 6.54 Å². The molecule has 2 rings (SSSR count). The first-order valence-corrected chi connectivity index (χ1v) is 5.78. The molecule has 0 heterocycles. The van der Waals surface area contributed by atoms with Gasteiger partial charge < -0.3 is 10.4 Å². The summed E-state index contributed by atoms with van der Waals surface area (Å²) in [6.45, 7) is 0.667. The molecule has 0 atom stereocenters. The Balaban J connectivity index is 1.92. The van der Waals surface area contributed by atoms with E-state index in [1.165, 1.54) is 25.0 Å². The van der Waals surface area contributed by atoms with Gasteiger partial charge in [-0.05, 0) is 30.5 Å². The van der Waals surface area contributed by atoms with Gasteiger partial charge in [-0.2, -0.15) is 0 Å². The molecule has 2 N–H and O–H groups in total. The molecule has 0 aliphatic heterocycles. The van der Waals surface area contributed by atoms with Gasteiger partial charge in [0.25, 0.3) is 5.91 Å². The Morgan fingerprint density at radius 1 is 1.29 bits per heavy atom. The first-order valence-electron chi connectivity index (χ1n) is 5.78. The number of carbonyl (C=O) groups is 2. The van der Waals surface area contributed by atoms with E-state index in [0.29, 0.717) is 12.1 Å². The summed E-state index contributed by atoms with van der Waals surface area (Å²) >= 11 is 0. The molecule has 1 fully saturated rings. The maximum Gasteiger partial charge on any atom is 0.335 e. The molecule has 1 amide bonds. The van der Waals surface area contributed by atoms with Crippen LogP contribution in [0.5, 0.6) is 0 Å². The second-order valence-corrected chi connectivity index (χ2v) is 4.37. The minimum absolute atomic E-state index is 0.139. The van der Waals surface area contributed by atoms with Crippen LogP contribution >= 0.6 is 0 Å². The lowest BCUT2D eigenvalue weighted by Crippen LogP contribution is -2.24. The SMILES string of the molecule is O=C(O)c1cccc(C(=O)NCCC2CC2)c1. The molecule has 1 aromatic carbocycles. The van der Waals surface area contributed by atoms with Gasteiger partial charge in [-0.25, -0.2) is 4.79 Å². The van der Waals surface area contributed by atoms with Gasteiger partial charge in [0.05, 0.1) is 5.56 Å². The number of benzene rings is 1. The molecular weight excluding hydrogens is 218 g/mol. The van der Waals surface area contributed by atoms with Crippen LogP contribution in [0.25, 0.3) is 0 Å². The second kappa shape index (κ2) is 4.99. The van der Waals surface area contributed by atoms with Crippen molar-refractivity contribution in [3.05, 3.63) is 35.4 Å². The maximum absolute atomic E-state index is 11.7. The van der Waals surface area contributed by atoms with Gasteiger partial charge in [-0.15, -0.1) is 0 Å². The monoisotopic (exact) mass is 233 g/mol. The minimum Gasteiger partial charge on any atom is -0.478 e. The van der Waals surface area contributed by atoms with Gasteiger partial charge in [-0.3, -0.25) is 4.79 Å². The predicted molar refractivity (Wildman–Crippen MR) is 63.1 cm³/mol. The highest BCUT2D eigenvalue weighted by molar-refractivity contribution is 5.97. The summed E-state index contributed by atoms with van der Waals surface area (Å²) in [6.07, 6.45) is 3.55. The van der Waals surface area contributed by atoms with E-state index >= 15 is 0 Å². The number of aromatic carboxylic acids is 1. The number of carbonyl (C=O) groups excluding carboxylic acids is 1. The van der Waals surface area contributed by atoms with E-state index in [-0.39, 0.29) is 11.5 Å². The summed E-state index contributed by atoms with van der Waals surface area (Å²) in [4.78, 5) is 22.5. The third kappa shape index (κ3) is 3.31. The van der Waals surface area contributed by atoms with E-state index in [9.17, 15) is 9.59 Å². The van der Waals surface area contributed by atoms with Gasteiger partial charge in [-0.1, -0.05) is 18.9 Å². The molecule has 1 aliphatic rings. The van der Waals surface area contributed by atoms with Gasteiger partial charge >= 0.3 is 5.97 Å². The second-order valence-electron chi connectivity index (χ2n) is 4.37.